The van der Waals surface area contributed by atoms with Crippen molar-refractivity contribution in [2.24, 2.45) is 0 Å². The molecule has 0 saturated heterocycles. The Hall–Kier alpha value is -3.45. The van der Waals surface area contributed by atoms with Crippen LogP contribution in [-0.2, 0) is 4.79 Å². The summed E-state index contributed by atoms with van der Waals surface area (Å²) in [6, 6.07) is 16.5. The fraction of sp³-hybridized carbons (Fsp3) is 0.0500. The Kier molecular flexibility index (Phi) is 4.43. The van der Waals surface area contributed by atoms with Crippen LogP contribution in [0.2, 0.25) is 0 Å². The van der Waals surface area contributed by atoms with Crippen molar-refractivity contribution in [2.45, 2.75) is 6.92 Å². The zero-order chi connectivity index (χ0) is 18.8. The minimum atomic E-state index is -0.412. The van der Waals surface area contributed by atoms with Gasteiger partial charge in [-0.3, -0.25) is 4.79 Å². The molecule has 0 fully saturated rings. The molecule has 0 aliphatic heterocycles. The molecule has 4 rings (SSSR count). The van der Waals surface area contributed by atoms with Crippen molar-refractivity contribution in [2.75, 3.05) is 10.6 Å². The molecule has 0 saturated carbocycles. The van der Waals surface area contributed by atoms with Crippen LogP contribution in [0, 0.1) is 0 Å². The second-order valence-corrected chi connectivity index (χ2v) is 6.76. The number of nitrogens with one attached hydrogen (secondary N) is 2. The third kappa shape index (κ3) is 3.73. The number of hydrogen-bond acceptors (Lipinski definition) is 6. The van der Waals surface area contributed by atoms with Crippen molar-refractivity contribution in [3.63, 3.8) is 0 Å². The number of carbonyl (C=O) groups is 1. The molecule has 7 heteroatoms. The maximum absolute atomic E-state index is 12.3. The van der Waals surface area contributed by atoms with Gasteiger partial charge in [-0.25, -0.2) is 9.78 Å². The van der Waals surface area contributed by atoms with E-state index in [4.69, 9.17) is 4.42 Å². The molecule has 134 valence electrons. The average molecular weight is 377 g/mol. The first kappa shape index (κ1) is 17.0. The SMILES string of the molecule is CC(=O)Nc1ccc(Nc2nc(-c3cc4ccccc4oc3=O)cs2)cc1. The smallest absolute Gasteiger partial charge is 0.345 e. The molecule has 0 bridgehead atoms. The van der Waals surface area contributed by atoms with Crippen LogP contribution in [0.25, 0.3) is 22.2 Å². The van der Waals surface area contributed by atoms with E-state index < -0.39 is 5.63 Å². The zero-order valence-electron chi connectivity index (χ0n) is 14.4. The largest absolute Gasteiger partial charge is 0.422 e. The van der Waals surface area contributed by atoms with E-state index in [2.05, 4.69) is 15.6 Å². The minimum Gasteiger partial charge on any atom is -0.422 e. The maximum Gasteiger partial charge on any atom is 0.345 e. The highest BCUT2D eigenvalue weighted by molar-refractivity contribution is 7.14. The quantitative estimate of drug-likeness (QED) is 0.507. The minimum absolute atomic E-state index is 0.116. The van der Waals surface area contributed by atoms with Crippen LogP contribution in [0.1, 0.15) is 6.92 Å². The number of carbonyl (C=O) groups excluding carboxylic acids is 1. The van der Waals surface area contributed by atoms with Crippen molar-refractivity contribution in [3.05, 3.63) is 70.4 Å². The number of benzene rings is 2. The molecule has 6 nitrogen and oxygen atoms in total. The molecule has 2 heterocycles. The molecule has 0 spiro atoms. The van der Waals surface area contributed by atoms with E-state index >= 15 is 0 Å². The van der Waals surface area contributed by atoms with Gasteiger partial charge in [0.25, 0.3) is 0 Å². The molecule has 27 heavy (non-hydrogen) atoms. The third-order valence-corrected chi connectivity index (χ3v) is 4.64. The highest BCUT2D eigenvalue weighted by Crippen LogP contribution is 2.27. The molecule has 0 aliphatic carbocycles. The first-order valence-corrected chi connectivity index (χ1v) is 9.10. The summed E-state index contributed by atoms with van der Waals surface area (Å²) in [6.07, 6.45) is 0. The topological polar surface area (TPSA) is 84.2 Å². The molecule has 2 aromatic carbocycles. The number of anilines is 3. The van der Waals surface area contributed by atoms with Gasteiger partial charge in [-0.2, -0.15) is 0 Å². The Balaban J connectivity index is 1.58. The van der Waals surface area contributed by atoms with E-state index in [-0.39, 0.29) is 5.91 Å². The van der Waals surface area contributed by atoms with E-state index in [1.54, 1.807) is 24.3 Å². The van der Waals surface area contributed by atoms with Crippen LogP contribution < -0.4 is 16.3 Å². The zero-order valence-corrected chi connectivity index (χ0v) is 15.2. The normalized spacial score (nSPS) is 10.7. The molecular weight excluding hydrogens is 362 g/mol. The fourth-order valence-corrected chi connectivity index (χ4v) is 3.39. The lowest BCUT2D eigenvalue weighted by Crippen LogP contribution is -2.05. The molecule has 0 atom stereocenters. The summed E-state index contributed by atoms with van der Waals surface area (Å²) in [4.78, 5) is 27.8. The number of rotatable bonds is 4. The first-order chi connectivity index (χ1) is 13.1. The van der Waals surface area contributed by atoms with E-state index in [0.29, 0.717) is 22.0 Å². The van der Waals surface area contributed by atoms with Crippen LogP contribution in [-0.4, -0.2) is 10.9 Å². The van der Waals surface area contributed by atoms with Gasteiger partial charge in [0.2, 0.25) is 5.91 Å². The van der Waals surface area contributed by atoms with Gasteiger partial charge in [-0.15, -0.1) is 11.3 Å². The molecule has 2 N–H and O–H groups in total. The molecular formula is C20H15N3O3S. The Bertz CT molecular complexity index is 1180. The van der Waals surface area contributed by atoms with Gasteiger partial charge in [0.05, 0.1) is 11.3 Å². The lowest BCUT2D eigenvalue weighted by atomic mass is 10.1. The third-order valence-electron chi connectivity index (χ3n) is 3.88. The molecule has 1 amide bonds. The molecule has 0 unspecified atom stereocenters. The summed E-state index contributed by atoms with van der Waals surface area (Å²) in [6.45, 7) is 1.46. The summed E-state index contributed by atoms with van der Waals surface area (Å²) < 4.78 is 5.37. The Morgan fingerprint density at radius 2 is 1.81 bits per heavy atom. The van der Waals surface area contributed by atoms with Crippen LogP contribution in [0.15, 0.2) is 69.2 Å². The van der Waals surface area contributed by atoms with Crippen molar-refractivity contribution >= 4 is 44.7 Å². The van der Waals surface area contributed by atoms with Crippen molar-refractivity contribution in [1.29, 1.82) is 0 Å². The molecule has 0 radical (unpaired) electrons. The molecule has 2 aromatic heterocycles. The fourth-order valence-electron chi connectivity index (χ4n) is 2.66. The van der Waals surface area contributed by atoms with Crippen molar-refractivity contribution in [1.82, 2.24) is 4.98 Å². The van der Waals surface area contributed by atoms with Crippen LogP contribution in [0.4, 0.5) is 16.5 Å². The van der Waals surface area contributed by atoms with Gasteiger partial charge >= 0.3 is 5.63 Å². The highest BCUT2D eigenvalue weighted by atomic mass is 32.1. The molecule has 4 aromatic rings. The number of aromatic nitrogens is 1. The predicted molar refractivity (Wildman–Crippen MR) is 108 cm³/mol. The molecule has 0 aliphatic rings. The van der Waals surface area contributed by atoms with Crippen molar-refractivity contribution < 1.29 is 9.21 Å². The van der Waals surface area contributed by atoms with Crippen molar-refractivity contribution in [3.8, 4) is 11.3 Å². The Morgan fingerprint density at radius 3 is 2.59 bits per heavy atom. The number of para-hydroxylation sites is 1. The number of amides is 1. The van der Waals surface area contributed by atoms with E-state index in [0.717, 1.165) is 16.8 Å². The second-order valence-electron chi connectivity index (χ2n) is 5.91. The van der Waals surface area contributed by atoms with Gasteiger partial charge in [-0.1, -0.05) is 18.2 Å². The van der Waals surface area contributed by atoms with Crippen LogP contribution >= 0.6 is 11.3 Å². The van der Waals surface area contributed by atoms with Gasteiger partial charge < -0.3 is 15.1 Å². The number of nitrogens with zero attached hydrogens (tertiary/aromatic N) is 1. The monoisotopic (exact) mass is 377 g/mol. The van der Waals surface area contributed by atoms with Crippen LogP contribution in [0.3, 0.4) is 0 Å². The standard InChI is InChI=1S/C20H15N3O3S/c1-12(24)21-14-6-8-15(9-7-14)22-20-23-17(11-27-20)16-10-13-4-2-3-5-18(13)26-19(16)25/h2-11H,1H3,(H,21,24)(H,22,23). The summed E-state index contributed by atoms with van der Waals surface area (Å²) in [5.41, 5.74) is 2.69. The lowest BCUT2D eigenvalue weighted by molar-refractivity contribution is -0.114. The van der Waals surface area contributed by atoms with E-state index in [1.807, 2.05) is 35.7 Å². The first-order valence-electron chi connectivity index (χ1n) is 8.22. The van der Waals surface area contributed by atoms with Gasteiger partial charge in [-0.05, 0) is 36.4 Å². The van der Waals surface area contributed by atoms with Gasteiger partial charge in [0.1, 0.15) is 5.58 Å². The average Bonchev–Trinajstić information content (AvgIpc) is 3.10. The lowest BCUT2D eigenvalue weighted by Gasteiger charge is -2.05. The Labute approximate surface area is 158 Å². The van der Waals surface area contributed by atoms with Gasteiger partial charge in [0.15, 0.2) is 5.13 Å². The number of fused-ring (bicyclic) bond motifs is 1. The second kappa shape index (κ2) is 7.05. The Morgan fingerprint density at radius 1 is 1.07 bits per heavy atom. The summed E-state index contributed by atoms with van der Waals surface area (Å²) in [5.74, 6) is -0.116. The number of hydrogen-bond donors (Lipinski definition) is 2. The summed E-state index contributed by atoms with van der Waals surface area (Å²) in [5, 5.41) is 9.23. The number of thiazole rings is 1. The van der Waals surface area contributed by atoms with Gasteiger partial charge in [0, 0.05) is 29.1 Å². The maximum atomic E-state index is 12.3. The highest BCUT2D eigenvalue weighted by Gasteiger charge is 2.11. The van der Waals surface area contributed by atoms with E-state index in [9.17, 15) is 9.59 Å². The summed E-state index contributed by atoms with van der Waals surface area (Å²) >= 11 is 1.40. The van der Waals surface area contributed by atoms with E-state index in [1.165, 1.54) is 18.3 Å². The van der Waals surface area contributed by atoms with Crippen LogP contribution in [0.5, 0.6) is 0 Å². The summed E-state index contributed by atoms with van der Waals surface area (Å²) in [7, 11) is 0. The predicted octanol–water partition coefficient (Wildman–Crippen LogP) is 4.62.